The summed E-state index contributed by atoms with van der Waals surface area (Å²) in [6.45, 7) is 2.45. The van der Waals surface area contributed by atoms with Crippen molar-refractivity contribution in [1.29, 1.82) is 0 Å². The first-order valence-corrected chi connectivity index (χ1v) is 7.59. The van der Waals surface area contributed by atoms with Gasteiger partial charge in [-0.2, -0.15) is 0 Å². The number of unbranched alkanes of at least 4 members (excludes halogenated alkanes) is 1. The highest BCUT2D eigenvalue weighted by Gasteiger charge is 2.34. The van der Waals surface area contributed by atoms with E-state index in [9.17, 15) is 9.90 Å². The normalized spacial score (nSPS) is 22.2. The van der Waals surface area contributed by atoms with Crippen LogP contribution in [0, 0.1) is 5.92 Å². The summed E-state index contributed by atoms with van der Waals surface area (Å²) in [6.07, 6.45) is 2.96. The van der Waals surface area contributed by atoms with Crippen molar-refractivity contribution in [2.24, 2.45) is 11.7 Å². The van der Waals surface area contributed by atoms with E-state index in [1.807, 2.05) is 0 Å². The van der Waals surface area contributed by atoms with Crippen molar-refractivity contribution in [3.8, 4) is 0 Å². The fraction of sp³-hybridized carbons (Fsp3) is 0.923. The minimum Gasteiger partial charge on any atom is -0.480 e. The van der Waals surface area contributed by atoms with Crippen molar-refractivity contribution in [1.82, 2.24) is 4.90 Å². The van der Waals surface area contributed by atoms with Gasteiger partial charge in [0.05, 0.1) is 0 Å². The van der Waals surface area contributed by atoms with Crippen LogP contribution in [0.2, 0.25) is 6.32 Å². The average Bonchev–Trinajstić information content (AvgIpc) is 2.89. The number of likely N-dealkylation sites (tertiary alicyclic amines) is 1. The number of aliphatic hydroxyl groups is 1. The second kappa shape index (κ2) is 8.70. The molecular weight excluding hydrogens is 275 g/mol. The minimum absolute atomic E-state index is 0.173. The Morgan fingerprint density at radius 1 is 1.33 bits per heavy atom. The van der Waals surface area contributed by atoms with Crippen LogP contribution in [0.3, 0.4) is 0 Å². The molecule has 1 rings (SSSR count). The molecule has 0 spiro atoms. The zero-order valence-corrected chi connectivity index (χ0v) is 12.4. The summed E-state index contributed by atoms with van der Waals surface area (Å²) in [6, 6.07) is 0. The number of hydrogen-bond donors (Lipinski definition) is 5. The van der Waals surface area contributed by atoms with Crippen molar-refractivity contribution in [3.05, 3.63) is 0 Å². The van der Waals surface area contributed by atoms with Gasteiger partial charge in [0.1, 0.15) is 5.54 Å². The third-order valence-electron chi connectivity index (χ3n) is 4.26. The van der Waals surface area contributed by atoms with Crippen LogP contribution in [-0.4, -0.2) is 70.0 Å². The molecule has 122 valence electrons. The highest BCUT2D eigenvalue weighted by atomic mass is 16.4. The largest absolute Gasteiger partial charge is 0.480 e. The standard InChI is InChI=1S/C13H27BN2O5/c15-13(12(18)19,4-1-2-6-14(20)21)5-8-16-7-3-11(9-16)10-17/h11,17,20-21H,1-10,15H2,(H,18,19). The quantitative estimate of drug-likeness (QED) is 0.262. The molecule has 7 nitrogen and oxygen atoms in total. The van der Waals surface area contributed by atoms with E-state index < -0.39 is 18.6 Å². The van der Waals surface area contributed by atoms with Crippen LogP contribution in [0.5, 0.6) is 0 Å². The third kappa shape index (κ3) is 6.31. The number of carboxylic acids is 1. The number of aliphatic carboxylic acids is 1. The van der Waals surface area contributed by atoms with Crippen molar-refractivity contribution in [3.63, 3.8) is 0 Å². The Hall–Kier alpha value is -0.665. The average molecular weight is 302 g/mol. The maximum Gasteiger partial charge on any atom is 0.451 e. The van der Waals surface area contributed by atoms with Gasteiger partial charge in [-0.1, -0.05) is 12.8 Å². The zero-order valence-electron chi connectivity index (χ0n) is 12.4. The van der Waals surface area contributed by atoms with Gasteiger partial charge in [0.25, 0.3) is 0 Å². The molecule has 2 unspecified atom stereocenters. The fourth-order valence-corrected chi connectivity index (χ4v) is 2.73. The minimum atomic E-state index is -1.35. The smallest absolute Gasteiger partial charge is 0.451 e. The lowest BCUT2D eigenvalue weighted by molar-refractivity contribution is -0.144. The topological polar surface area (TPSA) is 127 Å². The number of hydrogen-bond acceptors (Lipinski definition) is 6. The number of nitrogens with zero attached hydrogens (tertiary/aromatic N) is 1. The predicted octanol–water partition coefficient (Wildman–Crippen LogP) is -0.884. The van der Waals surface area contributed by atoms with Crippen molar-refractivity contribution >= 4 is 13.1 Å². The first-order valence-electron chi connectivity index (χ1n) is 7.59. The fourth-order valence-electron chi connectivity index (χ4n) is 2.73. The Labute approximate surface area is 125 Å². The Kier molecular flexibility index (Phi) is 7.62. The Morgan fingerprint density at radius 3 is 2.57 bits per heavy atom. The van der Waals surface area contributed by atoms with E-state index in [-0.39, 0.29) is 18.8 Å². The molecule has 1 saturated heterocycles. The van der Waals surface area contributed by atoms with Crippen LogP contribution in [0.15, 0.2) is 0 Å². The summed E-state index contributed by atoms with van der Waals surface area (Å²) < 4.78 is 0. The summed E-state index contributed by atoms with van der Waals surface area (Å²) in [7, 11) is -1.35. The van der Waals surface area contributed by atoms with Crippen LogP contribution < -0.4 is 5.73 Å². The SMILES string of the molecule is NC(CCCCB(O)O)(CCN1CCC(CO)C1)C(=O)O. The van der Waals surface area contributed by atoms with E-state index >= 15 is 0 Å². The van der Waals surface area contributed by atoms with Crippen molar-refractivity contribution in [2.45, 2.75) is 44.0 Å². The molecule has 1 heterocycles. The van der Waals surface area contributed by atoms with E-state index in [2.05, 4.69) is 4.90 Å². The molecule has 0 aromatic carbocycles. The van der Waals surface area contributed by atoms with Gasteiger partial charge in [0, 0.05) is 19.7 Å². The van der Waals surface area contributed by atoms with Crippen LogP contribution in [-0.2, 0) is 4.79 Å². The van der Waals surface area contributed by atoms with Crippen molar-refractivity contribution in [2.75, 3.05) is 26.2 Å². The van der Waals surface area contributed by atoms with E-state index in [4.69, 9.17) is 20.9 Å². The maximum absolute atomic E-state index is 11.4. The van der Waals surface area contributed by atoms with Crippen LogP contribution in [0.4, 0.5) is 0 Å². The highest BCUT2D eigenvalue weighted by molar-refractivity contribution is 6.40. The van der Waals surface area contributed by atoms with Crippen LogP contribution in [0.25, 0.3) is 0 Å². The summed E-state index contributed by atoms with van der Waals surface area (Å²) in [5, 5.41) is 36.0. The maximum atomic E-state index is 11.4. The van der Waals surface area contributed by atoms with Gasteiger partial charge in [0.2, 0.25) is 0 Å². The Morgan fingerprint density at radius 2 is 2.05 bits per heavy atom. The van der Waals surface area contributed by atoms with Gasteiger partial charge in [-0.05, 0) is 38.0 Å². The zero-order chi connectivity index (χ0) is 15.9. The summed E-state index contributed by atoms with van der Waals surface area (Å²) in [5.74, 6) is -0.724. The molecule has 0 amide bonds. The number of rotatable bonds is 10. The van der Waals surface area contributed by atoms with Gasteiger partial charge in [-0.15, -0.1) is 0 Å². The molecule has 0 radical (unpaired) electrons. The van der Waals surface area contributed by atoms with Gasteiger partial charge >= 0.3 is 13.1 Å². The third-order valence-corrected chi connectivity index (χ3v) is 4.26. The van der Waals surface area contributed by atoms with Crippen LogP contribution in [0.1, 0.15) is 32.1 Å². The predicted molar refractivity (Wildman–Crippen MR) is 79.7 cm³/mol. The molecule has 21 heavy (non-hydrogen) atoms. The van der Waals surface area contributed by atoms with Gasteiger partial charge in [-0.25, -0.2) is 0 Å². The Balaban J connectivity index is 2.36. The molecule has 1 fully saturated rings. The second-order valence-electron chi connectivity index (χ2n) is 6.08. The summed E-state index contributed by atoms with van der Waals surface area (Å²) in [4.78, 5) is 13.5. The number of carbonyl (C=O) groups is 1. The second-order valence-corrected chi connectivity index (χ2v) is 6.08. The number of carboxylic acid groups (broad SMARTS) is 1. The summed E-state index contributed by atoms with van der Waals surface area (Å²) >= 11 is 0. The molecule has 0 aromatic heterocycles. The molecule has 0 saturated carbocycles. The summed E-state index contributed by atoms with van der Waals surface area (Å²) in [5.41, 5.74) is 4.74. The van der Waals surface area contributed by atoms with Crippen LogP contribution >= 0.6 is 0 Å². The molecule has 1 aliphatic heterocycles. The molecule has 1 aliphatic rings. The first-order chi connectivity index (χ1) is 9.87. The van der Waals surface area contributed by atoms with E-state index in [0.29, 0.717) is 32.2 Å². The Bertz CT molecular complexity index is 332. The molecular formula is C13H27BN2O5. The number of aliphatic hydroxyl groups excluding tert-OH is 1. The highest BCUT2D eigenvalue weighted by Crippen LogP contribution is 2.21. The molecule has 0 aliphatic carbocycles. The number of nitrogens with two attached hydrogens (primary N) is 1. The molecule has 8 heteroatoms. The lowest BCUT2D eigenvalue weighted by Gasteiger charge is -2.27. The molecule has 0 aromatic rings. The van der Waals surface area contributed by atoms with E-state index in [1.54, 1.807) is 0 Å². The molecule has 0 bridgehead atoms. The van der Waals surface area contributed by atoms with Crippen molar-refractivity contribution < 1.29 is 25.1 Å². The van der Waals surface area contributed by atoms with Gasteiger partial charge < -0.3 is 30.9 Å². The lowest BCUT2D eigenvalue weighted by Crippen LogP contribution is -2.50. The van der Waals surface area contributed by atoms with E-state index in [1.165, 1.54) is 0 Å². The monoisotopic (exact) mass is 302 g/mol. The first kappa shape index (κ1) is 18.4. The van der Waals surface area contributed by atoms with E-state index in [0.717, 1.165) is 19.5 Å². The molecule has 6 N–H and O–H groups in total. The van der Waals surface area contributed by atoms with Gasteiger partial charge in [-0.3, -0.25) is 4.79 Å². The lowest BCUT2D eigenvalue weighted by atomic mass is 9.81. The van der Waals surface area contributed by atoms with Gasteiger partial charge in [0.15, 0.2) is 0 Å². The molecule has 2 atom stereocenters.